The molecule has 8 heteroatoms. The lowest BCUT2D eigenvalue weighted by molar-refractivity contribution is 0.0349. The first kappa shape index (κ1) is 26.3. The van der Waals surface area contributed by atoms with Crippen molar-refractivity contribution in [1.82, 2.24) is 15.0 Å². The fraction of sp³-hybridized carbons (Fsp3) is 0.467. The molecule has 1 N–H and O–H groups in total. The highest BCUT2D eigenvalue weighted by atomic mass is 16.5. The number of nitrogens with one attached hydrogen (secondary N) is 1. The van der Waals surface area contributed by atoms with Crippen LogP contribution in [0.5, 0.6) is 0 Å². The highest BCUT2D eigenvalue weighted by Gasteiger charge is 2.30. The molecule has 2 aromatic carbocycles. The number of nitrogens with zero attached hydrogens (tertiary/aromatic N) is 4. The molecule has 3 heterocycles. The van der Waals surface area contributed by atoms with Crippen LogP contribution in [0, 0.1) is 6.92 Å². The van der Waals surface area contributed by atoms with Crippen LogP contribution >= 0.6 is 0 Å². The number of anilines is 2. The van der Waals surface area contributed by atoms with E-state index in [0.29, 0.717) is 19.1 Å². The van der Waals surface area contributed by atoms with E-state index in [-0.39, 0.29) is 6.03 Å². The Hall–Kier alpha value is -3.36. The van der Waals surface area contributed by atoms with E-state index in [0.717, 1.165) is 86.2 Å². The summed E-state index contributed by atoms with van der Waals surface area (Å²) < 4.78 is 11.6. The number of ether oxygens (including phenoxy) is 1. The van der Waals surface area contributed by atoms with Gasteiger partial charge < -0.3 is 24.4 Å². The lowest BCUT2D eigenvalue weighted by atomic mass is 10.0. The summed E-state index contributed by atoms with van der Waals surface area (Å²) in [6, 6.07) is 18.3. The van der Waals surface area contributed by atoms with Crippen molar-refractivity contribution in [2.24, 2.45) is 0 Å². The monoisotopic (exact) mass is 517 g/mol. The predicted molar refractivity (Wildman–Crippen MR) is 150 cm³/mol. The zero-order valence-electron chi connectivity index (χ0n) is 22.6. The molecule has 1 atom stereocenters. The van der Waals surface area contributed by atoms with Crippen LogP contribution in [0.15, 0.2) is 59.1 Å². The Kier molecular flexibility index (Phi) is 8.61. The molecule has 202 valence electrons. The third kappa shape index (κ3) is 6.37. The molecule has 0 saturated carbocycles. The van der Waals surface area contributed by atoms with Crippen LogP contribution in [0.3, 0.4) is 0 Å². The largest absolute Gasteiger partial charge is 0.379 e. The van der Waals surface area contributed by atoms with E-state index in [1.807, 2.05) is 54.3 Å². The maximum absolute atomic E-state index is 13.7. The Morgan fingerprint density at radius 1 is 1.05 bits per heavy atom. The number of aromatic nitrogens is 1. The number of aryl methyl sites for hydroxylation is 1. The van der Waals surface area contributed by atoms with Gasteiger partial charge in [-0.25, -0.2) is 4.79 Å². The maximum Gasteiger partial charge on any atom is 0.322 e. The van der Waals surface area contributed by atoms with Crippen molar-refractivity contribution in [3.8, 4) is 11.3 Å². The van der Waals surface area contributed by atoms with Gasteiger partial charge in [0.25, 0.3) is 0 Å². The Bertz CT molecular complexity index is 1170. The van der Waals surface area contributed by atoms with Gasteiger partial charge in [-0.1, -0.05) is 53.2 Å². The van der Waals surface area contributed by atoms with Crippen molar-refractivity contribution in [3.05, 3.63) is 65.7 Å². The van der Waals surface area contributed by atoms with Gasteiger partial charge in [0.05, 0.1) is 25.3 Å². The molecule has 0 spiro atoms. The van der Waals surface area contributed by atoms with Crippen molar-refractivity contribution >= 4 is 17.6 Å². The molecular weight excluding hydrogens is 478 g/mol. The first-order valence-corrected chi connectivity index (χ1v) is 13.8. The first-order valence-electron chi connectivity index (χ1n) is 13.8. The molecule has 2 fully saturated rings. The zero-order valence-corrected chi connectivity index (χ0v) is 22.6. The van der Waals surface area contributed by atoms with Crippen LogP contribution in [0.4, 0.5) is 16.4 Å². The molecule has 0 bridgehead atoms. The number of rotatable bonds is 8. The quantitative estimate of drug-likeness (QED) is 0.432. The molecule has 8 nitrogen and oxygen atoms in total. The van der Waals surface area contributed by atoms with Crippen molar-refractivity contribution in [2.45, 2.75) is 45.7 Å². The van der Waals surface area contributed by atoms with E-state index in [4.69, 9.17) is 9.26 Å². The van der Waals surface area contributed by atoms with Crippen LogP contribution in [-0.2, 0) is 11.3 Å². The zero-order chi connectivity index (χ0) is 26.3. The van der Waals surface area contributed by atoms with E-state index < -0.39 is 0 Å². The normalized spacial score (nSPS) is 18.4. The predicted octanol–water partition coefficient (Wildman–Crippen LogP) is 5.40. The molecule has 0 aliphatic carbocycles. The minimum atomic E-state index is -0.125. The van der Waals surface area contributed by atoms with Crippen LogP contribution in [0.2, 0.25) is 0 Å². The molecule has 1 aromatic heterocycles. The van der Waals surface area contributed by atoms with Gasteiger partial charge in [-0.2, -0.15) is 0 Å². The molecule has 3 aromatic rings. The second-order valence-electron chi connectivity index (χ2n) is 10.4. The summed E-state index contributed by atoms with van der Waals surface area (Å²) >= 11 is 0. The van der Waals surface area contributed by atoms with Gasteiger partial charge in [-0.05, 0) is 45.2 Å². The van der Waals surface area contributed by atoms with E-state index in [2.05, 4.69) is 39.3 Å². The lowest BCUT2D eigenvalue weighted by Crippen LogP contribution is -2.44. The van der Waals surface area contributed by atoms with Gasteiger partial charge >= 0.3 is 6.03 Å². The molecular formula is C30H39N5O3. The Labute approximate surface area is 225 Å². The fourth-order valence-corrected chi connectivity index (χ4v) is 5.26. The van der Waals surface area contributed by atoms with Gasteiger partial charge in [0.15, 0.2) is 0 Å². The van der Waals surface area contributed by atoms with Gasteiger partial charge in [0, 0.05) is 50.0 Å². The lowest BCUT2D eigenvalue weighted by Gasteiger charge is -2.34. The number of hydrogen-bond donors (Lipinski definition) is 1. The number of carbonyl (C=O) groups excluding carboxylic acids is 1. The second kappa shape index (κ2) is 12.5. The number of morpholine rings is 1. The Balaban J connectivity index is 1.45. The molecule has 0 radical (unpaired) electrons. The number of amides is 2. The number of urea groups is 1. The van der Waals surface area contributed by atoms with Gasteiger partial charge in [-0.3, -0.25) is 4.90 Å². The molecule has 2 aliphatic heterocycles. The minimum absolute atomic E-state index is 0.125. The molecule has 38 heavy (non-hydrogen) atoms. The van der Waals surface area contributed by atoms with E-state index in [1.165, 1.54) is 6.42 Å². The first-order chi connectivity index (χ1) is 18.6. The summed E-state index contributed by atoms with van der Waals surface area (Å²) in [5.74, 6) is 0.788. The maximum atomic E-state index is 13.7. The molecule has 2 aliphatic rings. The van der Waals surface area contributed by atoms with Crippen LogP contribution < -0.4 is 10.2 Å². The van der Waals surface area contributed by atoms with Crippen molar-refractivity contribution < 1.29 is 14.1 Å². The Morgan fingerprint density at radius 2 is 1.82 bits per heavy atom. The summed E-state index contributed by atoms with van der Waals surface area (Å²) in [4.78, 5) is 20.3. The topological polar surface area (TPSA) is 74.1 Å². The smallest absolute Gasteiger partial charge is 0.322 e. The van der Waals surface area contributed by atoms with Crippen molar-refractivity contribution in [3.63, 3.8) is 0 Å². The van der Waals surface area contributed by atoms with Gasteiger partial charge in [-0.15, -0.1) is 0 Å². The summed E-state index contributed by atoms with van der Waals surface area (Å²) in [6.45, 7) is 10.2. The summed E-state index contributed by atoms with van der Waals surface area (Å²) in [6.07, 6.45) is 3.46. The van der Waals surface area contributed by atoms with Crippen molar-refractivity contribution in [1.29, 1.82) is 0 Å². The highest BCUT2D eigenvalue weighted by Crippen LogP contribution is 2.35. The number of carbonyl (C=O) groups is 1. The van der Waals surface area contributed by atoms with E-state index >= 15 is 0 Å². The van der Waals surface area contributed by atoms with Crippen molar-refractivity contribution in [2.75, 3.05) is 56.2 Å². The standard InChI is InChI=1S/C30H39N5O3/c1-23-11-13-26(14-12-23)31-30(36)34(17-16-33-18-20-37-21-19-33)22-27-28(25-9-4-3-5-10-25)32-38-29(27)35-15-7-6-8-24(35)2/h3-5,9-14,24H,6-8,15-22H2,1-2H3,(H,31,36)/t24-/m1/s1. The Morgan fingerprint density at radius 3 is 2.55 bits per heavy atom. The molecule has 5 rings (SSSR count). The van der Waals surface area contributed by atoms with Crippen LogP contribution in [0.25, 0.3) is 11.3 Å². The third-order valence-corrected chi connectivity index (χ3v) is 7.61. The molecule has 2 saturated heterocycles. The van der Waals surface area contributed by atoms with Gasteiger partial charge in [0.2, 0.25) is 5.88 Å². The van der Waals surface area contributed by atoms with E-state index in [9.17, 15) is 4.79 Å². The highest BCUT2D eigenvalue weighted by molar-refractivity contribution is 5.89. The summed E-state index contributed by atoms with van der Waals surface area (Å²) in [7, 11) is 0. The number of piperidine rings is 1. The summed E-state index contributed by atoms with van der Waals surface area (Å²) in [5, 5.41) is 7.67. The van der Waals surface area contributed by atoms with Crippen LogP contribution in [-0.4, -0.2) is 73.0 Å². The van der Waals surface area contributed by atoms with Crippen LogP contribution in [0.1, 0.15) is 37.3 Å². The molecule has 2 amide bonds. The molecule has 0 unspecified atom stereocenters. The summed E-state index contributed by atoms with van der Waals surface area (Å²) in [5.41, 5.74) is 4.71. The van der Waals surface area contributed by atoms with Gasteiger partial charge in [0.1, 0.15) is 5.69 Å². The fourth-order valence-electron chi connectivity index (χ4n) is 5.26. The second-order valence-corrected chi connectivity index (χ2v) is 10.4. The third-order valence-electron chi connectivity index (χ3n) is 7.61. The average Bonchev–Trinajstić information content (AvgIpc) is 3.36. The number of hydrogen-bond acceptors (Lipinski definition) is 6. The number of benzene rings is 2. The average molecular weight is 518 g/mol. The minimum Gasteiger partial charge on any atom is -0.379 e. The SMILES string of the molecule is Cc1ccc(NC(=O)N(CCN2CCOCC2)Cc2c(-c3ccccc3)noc2N2CCCC[C@H]2C)cc1. The van der Waals surface area contributed by atoms with E-state index in [1.54, 1.807) is 0 Å².